The minimum Gasteiger partial charge on any atom is -0.378 e. The topological polar surface area (TPSA) is 57.7 Å². The molecular weight excluding hydrogens is 400 g/mol. The second-order valence-corrected chi connectivity index (χ2v) is 9.78. The molecule has 0 radical (unpaired) electrons. The summed E-state index contributed by atoms with van der Waals surface area (Å²) in [6, 6.07) is 10.4. The number of nitrogens with zero attached hydrogens (tertiary/aromatic N) is 3. The van der Waals surface area contributed by atoms with E-state index in [2.05, 4.69) is 53.3 Å². The summed E-state index contributed by atoms with van der Waals surface area (Å²) in [4.78, 5) is 22.7. The molecule has 1 saturated carbocycles. The number of carbonyl (C=O) groups is 1. The van der Waals surface area contributed by atoms with Crippen LogP contribution in [0.2, 0.25) is 0 Å². The second-order valence-electron chi connectivity index (χ2n) is 9.78. The molecule has 1 amide bonds. The number of pyridine rings is 1. The van der Waals surface area contributed by atoms with E-state index in [1.54, 1.807) is 6.20 Å². The first kappa shape index (κ1) is 21.3. The SMILES string of the molecule is CC1CCC(CC(C)C(=O)N2Cc3cccnc3Nc3ccc(N4CCOCC4)cc32)C1. The Bertz CT molecular complexity index is 972. The molecule has 1 aromatic heterocycles. The lowest BCUT2D eigenvalue weighted by molar-refractivity contribution is -0.122. The van der Waals surface area contributed by atoms with Crippen LogP contribution >= 0.6 is 0 Å². The van der Waals surface area contributed by atoms with Gasteiger partial charge in [0.15, 0.2) is 0 Å². The highest BCUT2D eigenvalue weighted by Gasteiger charge is 2.31. The first-order valence-electron chi connectivity index (χ1n) is 12.1. The van der Waals surface area contributed by atoms with E-state index in [0.717, 1.165) is 67.1 Å². The number of aromatic nitrogens is 1. The summed E-state index contributed by atoms with van der Waals surface area (Å²) in [6.07, 6.45) is 6.58. The largest absolute Gasteiger partial charge is 0.378 e. The van der Waals surface area contributed by atoms with Crippen LogP contribution in [0.3, 0.4) is 0 Å². The van der Waals surface area contributed by atoms with Crippen molar-refractivity contribution >= 4 is 28.8 Å². The van der Waals surface area contributed by atoms with Crippen molar-refractivity contribution in [3.05, 3.63) is 42.1 Å². The van der Waals surface area contributed by atoms with Gasteiger partial charge in [-0.25, -0.2) is 4.98 Å². The first-order valence-corrected chi connectivity index (χ1v) is 12.1. The number of ether oxygens (including phenoxy) is 1. The van der Waals surface area contributed by atoms with Crippen molar-refractivity contribution in [3.8, 4) is 0 Å². The molecule has 3 heterocycles. The fourth-order valence-corrected chi connectivity index (χ4v) is 5.53. The number of hydrogen-bond acceptors (Lipinski definition) is 5. The van der Waals surface area contributed by atoms with Gasteiger partial charge in [-0.1, -0.05) is 32.8 Å². The standard InChI is InChI=1S/C26H34N4O2/c1-18-5-6-20(14-18)15-19(2)26(31)30-17-21-4-3-9-27-25(21)28-23-8-7-22(16-24(23)30)29-10-12-32-13-11-29/h3-4,7-9,16,18-20H,5-6,10-15,17H2,1-2H3,(H,27,28). The molecule has 5 rings (SSSR count). The van der Waals surface area contributed by atoms with Crippen LogP contribution in [0.25, 0.3) is 0 Å². The predicted octanol–water partition coefficient (Wildman–Crippen LogP) is 4.97. The maximum atomic E-state index is 13.8. The van der Waals surface area contributed by atoms with Gasteiger partial charge in [-0.3, -0.25) is 4.79 Å². The number of amides is 1. The van der Waals surface area contributed by atoms with Gasteiger partial charge in [0.25, 0.3) is 0 Å². The summed E-state index contributed by atoms with van der Waals surface area (Å²) in [7, 11) is 0. The van der Waals surface area contributed by atoms with Gasteiger partial charge in [-0.05, 0) is 48.9 Å². The number of benzene rings is 1. The van der Waals surface area contributed by atoms with E-state index in [1.165, 1.54) is 19.3 Å². The number of carbonyl (C=O) groups excluding carboxylic acids is 1. The summed E-state index contributed by atoms with van der Waals surface area (Å²) in [5, 5.41) is 3.49. The molecular formula is C26H34N4O2. The molecule has 3 aliphatic rings. The van der Waals surface area contributed by atoms with Crippen LogP contribution in [0.15, 0.2) is 36.5 Å². The van der Waals surface area contributed by atoms with Crippen molar-refractivity contribution in [3.63, 3.8) is 0 Å². The van der Waals surface area contributed by atoms with Gasteiger partial charge in [0.1, 0.15) is 5.82 Å². The van der Waals surface area contributed by atoms with Gasteiger partial charge in [0, 0.05) is 36.5 Å². The molecule has 3 atom stereocenters. The van der Waals surface area contributed by atoms with Crippen molar-refractivity contribution in [2.24, 2.45) is 17.8 Å². The summed E-state index contributed by atoms with van der Waals surface area (Å²) in [5.74, 6) is 2.51. The highest BCUT2D eigenvalue weighted by atomic mass is 16.5. The van der Waals surface area contributed by atoms with E-state index in [4.69, 9.17) is 4.74 Å². The fraction of sp³-hybridized carbons (Fsp3) is 0.538. The third-order valence-corrected chi connectivity index (χ3v) is 7.30. The number of rotatable bonds is 4. The summed E-state index contributed by atoms with van der Waals surface area (Å²) < 4.78 is 5.53. The Balaban J connectivity index is 1.46. The molecule has 2 aliphatic heterocycles. The molecule has 6 heteroatoms. The number of nitrogens with one attached hydrogen (secondary N) is 1. The molecule has 2 aromatic rings. The van der Waals surface area contributed by atoms with E-state index < -0.39 is 0 Å². The smallest absolute Gasteiger partial charge is 0.230 e. The highest BCUT2D eigenvalue weighted by molar-refractivity contribution is 6.00. The molecule has 6 nitrogen and oxygen atoms in total. The van der Waals surface area contributed by atoms with Crippen LogP contribution in [-0.4, -0.2) is 37.2 Å². The Morgan fingerprint density at radius 3 is 2.88 bits per heavy atom. The summed E-state index contributed by atoms with van der Waals surface area (Å²) >= 11 is 0. The zero-order valence-electron chi connectivity index (χ0n) is 19.2. The van der Waals surface area contributed by atoms with Gasteiger partial charge >= 0.3 is 0 Å². The van der Waals surface area contributed by atoms with Crippen molar-refractivity contribution in [2.75, 3.05) is 41.4 Å². The van der Waals surface area contributed by atoms with Crippen molar-refractivity contribution in [1.82, 2.24) is 4.98 Å². The third kappa shape index (κ3) is 4.33. The highest BCUT2D eigenvalue weighted by Crippen LogP contribution is 2.40. The van der Waals surface area contributed by atoms with Crippen LogP contribution in [0.4, 0.5) is 22.9 Å². The summed E-state index contributed by atoms with van der Waals surface area (Å²) in [5.41, 5.74) is 4.08. The predicted molar refractivity (Wildman–Crippen MR) is 128 cm³/mol. The molecule has 1 aromatic carbocycles. The molecule has 0 bridgehead atoms. The average molecular weight is 435 g/mol. The molecule has 1 N–H and O–H groups in total. The van der Waals surface area contributed by atoms with Gasteiger partial charge in [-0.2, -0.15) is 0 Å². The van der Waals surface area contributed by atoms with Gasteiger partial charge in [-0.15, -0.1) is 0 Å². The fourth-order valence-electron chi connectivity index (χ4n) is 5.53. The molecule has 0 spiro atoms. The van der Waals surface area contributed by atoms with Crippen molar-refractivity contribution < 1.29 is 9.53 Å². The summed E-state index contributed by atoms with van der Waals surface area (Å²) in [6.45, 7) is 8.21. The molecule has 3 unspecified atom stereocenters. The molecule has 32 heavy (non-hydrogen) atoms. The third-order valence-electron chi connectivity index (χ3n) is 7.30. The van der Waals surface area contributed by atoms with E-state index in [0.29, 0.717) is 12.5 Å². The van der Waals surface area contributed by atoms with E-state index in [1.807, 2.05) is 11.0 Å². The average Bonchev–Trinajstić information content (AvgIpc) is 3.15. The van der Waals surface area contributed by atoms with Gasteiger partial charge in [0.2, 0.25) is 5.91 Å². The zero-order valence-corrected chi connectivity index (χ0v) is 19.2. The minimum atomic E-state index is 0.00316. The van der Waals surface area contributed by atoms with Gasteiger partial charge < -0.3 is 19.9 Å². The lowest BCUT2D eigenvalue weighted by atomic mass is 9.92. The van der Waals surface area contributed by atoms with Gasteiger partial charge in [0.05, 0.1) is 31.1 Å². The van der Waals surface area contributed by atoms with E-state index >= 15 is 0 Å². The van der Waals surface area contributed by atoms with Crippen LogP contribution < -0.4 is 15.1 Å². The van der Waals surface area contributed by atoms with Crippen LogP contribution in [0.1, 0.15) is 45.1 Å². The normalized spacial score (nSPS) is 23.7. The van der Waals surface area contributed by atoms with Crippen LogP contribution in [0, 0.1) is 17.8 Å². The lowest BCUT2D eigenvalue weighted by Crippen LogP contribution is -2.37. The lowest BCUT2D eigenvalue weighted by Gasteiger charge is -2.31. The first-order chi connectivity index (χ1) is 15.6. The van der Waals surface area contributed by atoms with E-state index in [-0.39, 0.29) is 11.8 Å². The van der Waals surface area contributed by atoms with Crippen LogP contribution in [0.5, 0.6) is 0 Å². The molecule has 1 aliphatic carbocycles. The quantitative estimate of drug-likeness (QED) is 0.736. The maximum Gasteiger partial charge on any atom is 0.230 e. The Hall–Kier alpha value is -2.60. The van der Waals surface area contributed by atoms with E-state index in [9.17, 15) is 4.79 Å². The Morgan fingerprint density at radius 2 is 2.09 bits per heavy atom. The Morgan fingerprint density at radius 1 is 1.25 bits per heavy atom. The number of hydrogen-bond donors (Lipinski definition) is 1. The minimum absolute atomic E-state index is 0.00316. The molecule has 2 fully saturated rings. The second kappa shape index (κ2) is 9.10. The number of morpholine rings is 1. The monoisotopic (exact) mass is 434 g/mol. The Kier molecular flexibility index (Phi) is 6.05. The zero-order chi connectivity index (χ0) is 22.1. The maximum absolute atomic E-state index is 13.8. The van der Waals surface area contributed by atoms with Crippen LogP contribution in [-0.2, 0) is 16.1 Å². The van der Waals surface area contributed by atoms with Crippen molar-refractivity contribution in [1.29, 1.82) is 0 Å². The number of fused-ring (bicyclic) bond motifs is 2. The molecule has 170 valence electrons. The Labute approximate surface area is 191 Å². The number of anilines is 4. The van der Waals surface area contributed by atoms with Crippen molar-refractivity contribution in [2.45, 2.75) is 46.1 Å². The molecule has 1 saturated heterocycles.